The van der Waals surface area contributed by atoms with Crippen LogP contribution in [0.5, 0.6) is 0 Å². The third-order valence-electron chi connectivity index (χ3n) is 2.74. The van der Waals surface area contributed by atoms with Crippen LogP contribution in [0.15, 0.2) is 28.7 Å². The highest BCUT2D eigenvalue weighted by atomic mass is 79.9. The van der Waals surface area contributed by atoms with Gasteiger partial charge in [-0.2, -0.15) is 0 Å². The second kappa shape index (κ2) is 4.42. The van der Waals surface area contributed by atoms with Crippen molar-refractivity contribution in [1.29, 1.82) is 0 Å². The summed E-state index contributed by atoms with van der Waals surface area (Å²) in [6, 6.07) is 6.17. The minimum Gasteiger partial charge on any atom is -0.478 e. The highest BCUT2D eigenvalue weighted by molar-refractivity contribution is 9.10. The number of carboxylic acid groups (broad SMARTS) is 2. The van der Waals surface area contributed by atoms with Crippen LogP contribution in [0.25, 0.3) is 10.8 Å². The number of carbonyl (C=O) groups is 2. The fraction of sp³-hybridized carbons (Fsp3) is 0.0769. The van der Waals surface area contributed by atoms with Gasteiger partial charge in [-0.25, -0.2) is 9.59 Å². The van der Waals surface area contributed by atoms with E-state index in [1.54, 1.807) is 19.1 Å². The first-order valence-electron chi connectivity index (χ1n) is 5.12. The van der Waals surface area contributed by atoms with Crippen LogP contribution in [0, 0.1) is 6.92 Å². The van der Waals surface area contributed by atoms with Gasteiger partial charge in [0.1, 0.15) is 0 Å². The van der Waals surface area contributed by atoms with Crippen molar-refractivity contribution in [2.45, 2.75) is 6.92 Å². The number of hydrogen-bond donors (Lipinski definition) is 2. The van der Waals surface area contributed by atoms with E-state index in [0.717, 1.165) is 5.56 Å². The van der Waals surface area contributed by atoms with Crippen LogP contribution in [-0.4, -0.2) is 22.2 Å². The summed E-state index contributed by atoms with van der Waals surface area (Å²) in [6.45, 7) is 1.77. The van der Waals surface area contributed by atoms with Crippen molar-refractivity contribution in [3.05, 3.63) is 45.4 Å². The number of aromatic carboxylic acids is 2. The quantitative estimate of drug-likeness (QED) is 0.892. The normalized spacial score (nSPS) is 10.6. The maximum Gasteiger partial charge on any atom is 0.336 e. The SMILES string of the molecule is Cc1cc(C(=O)O)c2c(C(=O)O)cccc2c1Br. The third kappa shape index (κ3) is 1.86. The second-order valence-electron chi connectivity index (χ2n) is 3.89. The van der Waals surface area contributed by atoms with Gasteiger partial charge in [0.2, 0.25) is 0 Å². The number of benzene rings is 2. The second-order valence-corrected chi connectivity index (χ2v) is 4.69. The molecule has 2 rings (SSSR count). The molecule has 2 aromatic carbocycles. The molecular formula is C13H9BrO4. The molecule has 0 atom stereocenters. The Kier molecular flexibility index (Phi) is 3.09. The lowest BCUT2D eigenvalue weighted by molar-refractivity contribution is 0.0695. The minimum absolute atomic E-state index is 0.00343. The molecule has 0 aliphatic carbocycles. The zero-order valence-electron chi connectivity index (χ0n) is 9.40. The van der Waals surface area contributed by atoms with Gasteiger partial charge in [-0.15, -0.1) is 0 Å². The fourth-order valence-corrected chi connectivity index (χ4v) is 2.38. The largest absolute Gasteiger partial charge is 0.478 e. The molecule has 0 radical (unpaired) electrons. The van der Waals surface area contributed by atoms with Crippen LogP contribution in [-0.2, 0) is 0 Å². The molecular weight excluding hydrogens is 300 g/mol. The first-order valence-corrected chi connectivity index (χ1v) is 5.91. The van der Waals surface area contributed by atoms with E-state index in [1.807, 2.05) is 0 Å². The van der Waals surface area contributed by atoms with Gasteiger partial charge in [0, 0.05) is 9.86 Å². The first kappa shape index (κ1) is 12.6. The molecule has 2 N–H and O–H groups in total. The van der Waals surface area contributed by atoms with E-state index in [4.69, 9.17) is 5.11 Å². The molecule has 2 aromatic rings. The molecule has 0 aromatic heterocycles. The molecule has 0 amide bonds. The fourth-order valence-electron chi connectivity index (χ4n) is 1.94. The maximum absolute atomic E-state index is 11.2. The summed E-state index contributed by atoms with van der Waals surface area (Å²) in [5.74, 6) is -2.27. The van der Waals surface area contributed by atoms with E-state index in [-0.39, 0.29) is 16.5 Å². The van der Waals surface area contributed by atoms with Gasteiger partial charge < -0.3 is 10.2 Å². The molecule has 0 spiro atoms. The number of hydrogen-bond acceptors (Lipinski definition) is 2. The summed E-state index contributed by atoms with van der Waals surface area (Å²) in [5, 5.41) is 19.2. The highest BCUT2D eigenvalue weighted by Gasteiger charge is 2.18. The number of fused-ring (bicyclic) bond motifs is 1. The molecule has 0 aliphatic heterocycles. The van der Waals surface area contributed by atoms with Gasteiger partial charge in [0.25, 0.3) is 0 Å². The van der Waals surface area contributed by atoms with Crippen molar-refractivity contribution in [3.63, 3.8) is 0 Å². The molecule has 0 bridgehead atoms. The Morgan fingerprint density at radius 3 is 2.28 bits per heavy atom. The molecule has 0 saturated heterocycles. The van der Waals surface area contributed by atoms with E-state index >= 15 is 0 Å². The molecule has 0 heterocycles. The minimum atomic E-state index is -1.14. The summed E-state index contributed by atoms with van der Waals surface area (Å²) >= 11 is 3.36. The molecule has 4 nitrogen and oxygen atoms in total. The van der Waals surface area contributed by atoms with Crippen LogP contribution in [0.1, 0.15) is 26.3 Å². The van der Waals surface area contributed by atoms with Crippen LogP contribution < -0.4 is 0 Å². The smallest absolute Gasteiger partial charge is 0.336 e. The van der Waals surface area contributed by atoms with Gasteiger partial charge in [-0.3, -0.25) is 0 Å². The number of halogens is 1. The van der Waals surface area contributed by atoms with Crippen molar-refractivity contribution in [2.24, 2.45) is 0 Å². The number of carboxylic acids is 2. The highest BCUT2D eigenvalue weighted by Crippen LogP contribution is 2.32. The Labute approximate surface area is 111 Å². The summed E-state index contributed by atoms with van der Waals surface area (Å²) < 4.78 is 0.714. The molecule has 0 unspecified atom stereocenters. The summed E-state index contributed by atoms with van der Waals surface area (Å²) in [7, 11) is 0. The monoisotopic (exact) mass is 308 g/mol. The Hall–Kier alpha value is -1.88. The zero-order chi connectivity index (χ0) is 13.4. The average Bonchev–Trinajstić information content (AvgIpc) is 2.32. The summed E-state index contributed by atoms with van der Waals surface area (Å²) in [6.07, 6.45) is 0. The zero-order valence-corrected chi connectivity index (χ0v) is 11.0. The van der Waals surface area contributed by atoms with E-state index in [0.29, 0.717) is 9.86 Å². The van der Waals surface area contributed by atoms with Gasteiger partial charge in [-0.05, 0) is 45.9 Å². The Bertz CT molecular complexity index is 676. The third-order valence-corrected chi connectivity index (χ3v) is 3.79. The lowest BCUT2D eigenvalue weighted by Gasteiger charge is -2.10. The van der Waals surface area contributed by atoms with Crippen molar-refractivity contribution in [1.82, 2.24) is 0 Å². The lowest BCUT2D eigenvalue weighted by atomic mass is 9.97. The number of rotatable bonds is 2. The molecule has 0 saturated carbocycles. The molecule has 5 heteroatoms. The van der Waals surface area contributed by atoms with Crippen LogP contribution >= 0.6 is 15.9 Å². The summed E-state index contributed by atoms with van der Waals surface area (Å²) in [5.41, 5.74) is 0.747. The first-order chi connectivity index (χ1) is 8.43. The van der Waals surface area contributed by atoms with Crippen LogP contribution in [0.2, 0.25) is 0 Å². The van der Waals surface area contributed by atoms with Gasteiger partial charge in [0.05, 0.1) is 11.1 Å². The Balaban J connectivity index is 3.04. The molecule has 18 heavy (non-hydrogen) atoms. The van der Waals surface area contributed by atoms with E-state index in [1.165, 1.54) is 12.1 Å². The predicted molar refractivity (Wildman–Crippen MR) is 70.3 cm³/mol. The predicted octanol–water partition coefficient (Wildman–Crippen LogP) is 3.31. The topological polar surface area (TPSA) is 74.6 Å². The standard InChI is InChI=1S/C13H9BrO4/c1-6-5-9(13(17)18)10-7(11(6)14)3-2-4-8(10)12(15)16/h2-5H,1H3,(H,15,16)(H,17,18). The van der Waals surface area contributed by atoms with Crippen LogP contribution in [0.3, 0.4) is 0 Å². The van der Waals surface area contributed by atoms with Gasteiger partial charge in [0.15, 0.2) is 0 Å². The molecule has 92 valence electrons. The molecule has 0 fully saturated rings. The Morgan fingerprint density at radius 2 is 1.72 bits per heavy atom. The van der Waals surface area contributed by atoms with Crippen molar-refractivity contribution in [3.8, 4) is 0 Å². The average molecular weight is 309 g/mol. The van der Waals surface area contributed by atoms with Crippen LogP contribution in [0.4, 0.5) is 0 Å². The summed E-state index contributed by atoms with van der Waals surface area (Å²) in [4.78, 5) is 22.4. The van der Waals surface area contributed by atoms with E-state index < -0.39 is 11.9 Å². The van der Waals surface area contributed by atoms with Gasteiger partial charge in [-0.1, -0.05) is 12.1 Å². The van der Waals surface area contributed by atoms with Crippen molar-refractivity contribution >= 4 is 38.6 Å². The maximum atomic E-state index is 11.2. The van der Waals surface area contributed by atoms with Gasteiger partial charge >= 0.3 is 11.9 Å². The molecule has 0 aliphatic rings. The number of aryl methyl sites for hydroxylation is 1. The van der Waals surface area contributed by atoms with Crippen molar-refractivity contribution < 1.29 is 19.8 Å². The Morgan fingerprint density at radius 1 is 1.11 bits per heavy atom. The lowest BCUT2D eigenvalue weighted by Crippen LogP contribution is -2.05. The van der Waals surface area contributed by atoms with Crippen molar-refractivity contribution in [2.75, 3.05) is 0 Å². The van der Waals surface area contributed by atoms with E-state index in [9.17, 15) is 14.7 Å². The van der Waals surface area contributed by atoms with E-state index in [2.05, 4.69) is 15.9 Å².